The van der Waals surface area contributed by atoms with Gasteiger partial charge < -0.3 is 24.4 Å². The second-order valence-corrected chi connectivity index (χ2v) is 8.24. The summed E-state index contributed by atoms with van der Waals surface area (Å²) in [4.78, 5) is 35.5. The number of hydrogen-bond donors (Lipinski definition) is 1. The maximum atomic E-state index is 12.5. The van der Waals surface area contributed by atoms with E-state index in [1.807, 2.05) is 6.07 Å². The van der Waals surface area contributed by atoms with Gasteiger partial charge in [-0.25, -0.2) is 14.6 Å². The molecule has 1 N–H and O–H groups in total. The van der Waals surface area contributed by atoms with Crippen LogP contribution in [0.5, 0.6) is 17.4 Å². The highest BCUT2D eigenvalue weighted by Gasteiger charge is 2.14. The fraction of sp³-hybridized carbons (Fsp3) is 0.400. The highest BCUT2D eigenvalue weighted by Crippen LogP contribution is 2.31. The average Bonchev–Trinajstić information content (AvgIpc) is 2.92. The summed E-state index contributed by atoms with van der Waals surface area (Å²) in [6.45, 7) is 2.20. The van der Waals surface area contributed by atoms with Crippen molar-refractivity contribution in [1.82, 2.24) is 25.1 Å². The van der Waals surface area contributed by atoms with Crippen LogP contribution in [0.1, 0.15) is 19.3 Å². The van der Waals surface area contributed by atoms with Crippen molar-refractivity contribution in [1.29, 1.82) is 0 Å². The predicted molar refractivity (Wildman–Crippen MR) is 134 cm³/mol. The summed E-state index contributed by atoms with van der Waals surface area (Å²) in [5, 5.41) is 7.10. The predicted octanol–water partition coefficient (Wildman–Crippen LogP) is 1.90. The molecule has 0 atom stereocenters. The molecule has 0 spiro atoms. The number of amides is 1. The zero-order valence-electron chi connectivity index (χ0n) is 20.5. The van der Waals surface area contributed by atoms with Crippen LogP contribution in [0.3, 0.4) is 0 Å². The number of aromatic nitrogens is 4. The normalized spacial score (nSPS) is 13.2. The molecular weight excluding hydrogens is 464 g/mol. The van der Waals surface area contributed by atoms with Gasteiger partial charge in [0.25, 0.3) is 5.56 Å². The van der Waals surface area contributed by atoms with E-state index in [2.05, 4.69) is 25.3 Å². The molecule has 36 heavy (non-hydrogen) atoms. The van der Waals surface area contributed by atoms with Crippen LogP contribution >= 0.6 is 0 Å². The van der Waals surface area contributed by atoms with Crippen LogP contribution in [0.15, 0.2) is 47.5 Å². The minimum Gasteiger partial charge on any atom is -0.497 e. The van der Waals surface area contributed by atoms with Gasteiger partial charge >= 0.3 is 0 Å². The molecule has 1 aliphatic heterocycles. The molecule has 1 aromatic carbocycles. The number of anilines is 1. The molecule has 1 saturated heterocycles. The summed E-state index contributed by atoms with van der Waals surface area (Å²) >= 11 is 0. The molecule has 0 saturated carbocycles. The third-order valence-corrected chi connectivity index (χ3v) is 5.82. The maximum Gasteiger partial charge on any atom is 0.267 e. The number of ether oxygens (including phenoxy) is 3. The summed E-state index contributed by atoms with van der Waals surface area (Å²) in [5.74, 6) is 2.14. The van der Waals surface area contributed by atoms with Crippen LogP contribution in [-0.2, 0) is 11.3 Å². The fourth-order valence-corrected chi connectivity index (χ4v) is 3.96. The van der Waals surface area contributed by atoms with Crippen LogP contribution in [0, 0.1) is 0 Å². The molecular formula is C25H30N6O5. The van der Waals surface area contributed by atoms with Crippen LogP contribution < -0.4 is 30.0 Å². The van der Waals surface area contributed by atoms with E-state index in [-0.39, 0.29) is 25.6 Å². The van der Waals surface area contributed by atoms with Gasteiger partial charge in [-0.05, 0) is 43.5 Å². The van der Waals surface area contributed by atoms with Crippen molar-refractivity contribution in [2.24, 2.45) is 0 Å². The number of nitrogens with zero attached hydrogens (tertiary/aromatic N) is 5. The minimum absolute atomic E-state index is 0.228. The lowest BCUT2D eigenvalue weighted by Crippen LogP contribution is -2.35. The first-order valence-corrected chi connectivity index (χ1v) is 11.8. The number of benzene rings is 1. The average molecular weight is 495 g/mol. The second kappa shape index (κ2) is 12.0. The van der Waals surface area contributed by atoms with Gasteiger partial charge in [0.15, 0.2) is 0 Å². The van der Waals surface area contributed by atoms with Crippen LogP contribution in [-0.4, -0.2) is 66.1 Å². The summed E-state index contributed by atoms with van der Waals surface area (Å²) in [6.07, 6.45) is 5.03. The lowest BCUT2D eigenvalue weighted by Gasteiger charge is -2.27. The van der Waals surface area contributed by atoms with Crippen molar-refractivity contribution in [3.63, 3.8) is 0 Å². The zero-order valence-corrected chi connectivity index (χ0v) is 20.5. The summed E-state index contributed by atoms with van der Waals surface area (Å²) in [7, 11) is 3.11. The van der Waals surface area contributed by atoms with E-state index in [0.29, 0.717) is 28.6 Å². The SMILES string of the molecule is COc1ccc(OC)c(-c2ccc(=O)n(CC(=O)NCCOc3cc(N4CCCCC4)ncn3)n2)c1. The molecule has 190 valence electrons. The molecule has 0 radical (unpaired) electrons. The van der Waals surface area contributed by atoms with E-state index in [9.17, 15) is 9.59 Å². The molecule has 1 amide bonds. The van der Waals surface area contributed by atoms with Gasteiger partial charge in [-0.15, -0.1) is 0 Å². The molecule has 0 bridgehead atoms. The molecule has 11 nitrogen and oxygen atoms in total. The Hall–Kier alpha value is -4.15. The Labute approximate surface area is 209 Å². The largest absolute Gasteiger partial charge is 0.497 e. The molecule has 2 aromatic heterocycles. The van der Waals surface area contributed by atoms with Crippen molar-refractivity contribution in [2.75, 3.05) is 45.4 Å². The fourth-order valence-electron chi connectivity index (χ4n) is 3.96. The lowest BCUT2D eigenvalue weighted by atomic mass is 10.1. The van der Waals surface area contributed by atoms with Gasteiger partial charge in [-0.2, -0.15) is 5.10 Å². The Morgan fingerprint density at radius 1 is 1.03 bits per heavy atom. The number of carbonyl (C=O) groups is 1. The Kier molecular flexibility index (Phi) is 8.32. The number of carbonyl (C=O) groups excluding carboxylic acids is 1. The third kappa shape index (κ3) is 6.29. The number of methoxy groups -OCH3 is 2. The highest BCUT2D eigenvalue weighted by molar-refractivity contribution is 5.75. The number of nitrogens with one attached hydrogen (secondary N) is 1. The topological polar surface area (TPSA) is 121 Å². The van der Waals surface area contributed by atoms with Crippen LogP contribution in [0.2, 0.25) is 0 Å². The first-order valence-electron chi connectivity index (χ1n) is 11.8. The minimum atomic E-state index is -0.391. The molecule has 4 rings (SSSR count). The molecule has 0 unspecified atom stereocenters. The summed E-state index contributed by atoms with van der Waals surface area (Å²) < 4.78 is 17.5. The van der Waals surface area contributed by atoms with E-state index in [0.717, 1.165) is 36.4 Å². The summed E-state index contributed by atoms with van der Waals surface area (Å²) in [6, 6.07) is 10.1. The highest BCUT2D eigenvalue weighted by atomic mass is 16.5. The third-order valence-electron chi connectivity index (χ3n) is 5.82. The van der Waals surface area contributed by atoms with Crippen LogP contribution in [0.25, 0.3) is 11.3 Å². The number of rotatable bonds is 10. The monoisotopic (exact) mass is 494 g/mol. The Bertz CT molecular complexity index is 1240. The van der Waals surface area contributed by atoms with Crippen molar-refractivity contribution in [3.05, 3.63) is 53.1 Å². The standard InChI is InChI=1S/C25H30N6O5/c1-34-18-6-8-21(35-2)19(14-18)20-7-9-25(33)31(29-20)16-23(32)26-10-13-36-24-15-22(27-17-28-24)30-11-4-3-5-12-30/h6-9,14-15,17H,3-5,10-13,16H2,1-2H3,(H,26,32). The van der Waals surface area contributed by atoms with Crippen LogP contribution in [0.4, 0.5) is 5.82 Å². The van der Waals surface area contributed by atoms with Gasteiger partial charge in [-0.1, -0.05) is 0 Å². The molecule has 3 heterocycles. The van der Waals surface area contributed by atoms with Gasteiger partial charge in [0, 0.05) is 30.8 Å². The van der Waals surface area contributed by atoms with Gasteiger partial charge in [0.1, 0.15) is 36.8 Å². The van der Waals surface area contributed by atoms with E-state index >= 15 is 0 Å². The van der Waals surface area contributed by atoms with Crippen molar-refractivity contribution < 1.29 is 19.0 Å². The van der Waals surface area contributed by atoms with Gasteiger partial charge in [0.2, 0.25) is 11.8 Å². The summed E-state index contributed by atoms with van der Waals surface area (Å²) in [5.41, 5.74) is 0.737. The zero-order chi connectivity index (χ0) is 25.3. The Morgan fingerprint density at radius 2 is 1.86 bits per heavy atom. The molecule has 0 aliphatic carbocycles. The smallest absolute Gasteiger partial charge is 0.267 e. The molecule has 1 fully saturated rings. The molecule has 1 aliphatic rings. The first-order chi connectivity index (χ1) is 17.6. The Morgan fingerprint density at radius 3 is 2.64 bits per heavy atom. The number of piperidine rings is 1. The quantitative estimate of drug-likeness (QED) is 0.421. The molecule has 3 aromatic rings. The van der Waals surface area contributed by atoms with E-state index in [1.165, 1.54) is 18.8 Å². The van der Waals surface area contributed by atoms with Crippen molar-refractivity contribution in [2.45, 2.75) is 25.8 Å². The van der Waals surface area contributed by atoms with Crippen molar-refractivity contribution in [3.8, 4) is 28.6 Å². The lowest BCUT2D eigenvalue weighted by molar-refractivity contribution is -0.122. The number of hydrogen-bond acceptors (Lipinski definition) is 9. The maximum absolute atomic E-state index is 12.5. The molecule has 11 heteroatoms. The first kappa shape index (κ1) is 25.0. The Balaban J connectivity index is 1.32. The van der Waals surface area contributed by atoms with Gasteiger partial charge in [0.05, 0.1) is 26.5 Å². The van der Waals surface area contributed by atoms with Crippen molar-refractivity contribution >= 4 is 11.7 Å². The van der Waals surface area contributed by atoms with E-state index < -0.39 is 5.56 Å². The van der Waals surface area contributed by atoms with E-state index in [1.54, 1.807) is 38.5 Å². The van der Waals surface area contributed by atoms with E-state index in [4.69, 9.17) is 14.2 Å². The van der Waals surface area contributed by atoms with Gasteiger partial charge in [-0.3, -0.25) is 9.59 Å². The second-order valence-electron chi connectivity index (χ2n) is 8.24.